The smallest absolute Gasteiger partial charge is 0.410 e. The monoisotopic (exact) mass is 341 g/mol. The van der Waals surface area contributed by atoms with Crippen molar-refractivity contribution in [2.45, 2.75) is 45.1 Å². The van der Waals surface area contributed by atoms with E-state index in [1.165, 1.54) is 23.2 Å². The van der Waals surface area contributed by atoms with E-state index in [1.54, 1.807) is 20.8 Å². The van der Waals surface area contributed by atoms with Gasteiger partial charge in [0.25, 0.3) is 0 Å². The molecule has 132 valence electrons. The number of nitro groups is 1. The predicted octanol–water partition coefficient (Wildman–Crippen LogP) is 2.72. The zero-order chi connectivity index (χ0) is 17.9. The van der Waals surface area contributed by atoms with E-state index >= 15 is 0 Å². The van der Waals surface area contributed by atoms with Crippen molar-refractivity contribution >= 4 is 11.9 Å². The average molecular weight is 341 g/mol. The number of hydrogen-bond donors (Lipinski definition) is 0. The van der Waals surface area contributed by atoms with Gasteiger partial charge in [-0.2, -0.15) is 0 Å². The molecule has 0 bridgehead atoms. The lowest BCUT2D eigenvalue weighted by atomic mass is 10.1. The molecule has 2 atom stereocenters. The third-order valence-corrected chi connectivity index (χ3v) is 3.33. The summed E-state index contributed by atoms with van der Waals surface area (Å²) in [6, 6.07) is 2.57. The van der Waals surface area contributed by atoms with Gasteiger partial charge in [-0.3, -0.25) is 0 Å². The molecule has 1 amide bonds. The van der Waals surface area contributed by atoms with Crippen LogP contribution >= 0.6 is 0 Å². The Bertz CT molecular complexity index is 602. The van der Waals surface area contributed by atoms with Gasteiger partial charge in [0, 0.05) is 19.0 Å². The summed E-state index contributed by atoms with van der Waals surface area (Å²) in [7, 11) is 0. The Kier molecular flexibility index (Phi) is 5.20. The van der Waals surface area contributed by atoms with Crippen molar-refractivity contribution in [3.8, 4) is 5.75 Å². The Morgan fingerprint density at radius 3 is 2.67 bits per heavy atom. The molecule has 0 unspecified atom stereocenters. The lowest BCUT2D eigenvalue weighted by molar-refractivity contribution is -0.389. The number of likely N-dealkylation sites (tertiary alicyclic amines) is 1. The molecule has 24 heavy (non-hydrogen) atoms. The summed E-state index contributed by atoms with van der Waals surface area (Å²) in [6.45, 7) is 5.42. The standard InChI is InChI=1S/C15H20FN3O5/c1-15(2,3)24-14(20)18-7-6-12(11(16)9-18)23-10-4-5-13(17-8-10)19(21)22/h4-5,8,11-12H,6-7,9H2,1-3H3/t11-,12-/m0/s1. The molecule has 0 N–H and O–H groups in total. The molecule has 8 nitrogen and oxygen atoms in total. The number of hydrogen-bond acceptors (Lipinski definition) is 6. The van der Waals surface area contributed by atoms with Crippen molar-refractivity contribution in [1.82, 2.24) is 9.88 Å². The molecule has 1 aliphatic heterocycles. The minimum Gasteiger partial charge on any atom is -0.483 e. The Balaban J connectivity index is 1.91. The summed E-state index contributed by atoms with van der Waals surface area (Å²) in [5, 5.41) is 10.5. The molecule has 2 heterocycles. The van der Waals surface area contributed by atoms with E-state index in [4.69, 9.17) is 9.47 Å². The summed E-state index contributed by atoms with van der Waals surface area (Å²) < 4.78 is 25.0. The highest BCUT2D eigenvalue weighted by atomic mass is 19.1. The number of alkyl halides is 1. The number of nitrogens with zero attached hydrogens (tertiary/aromatic N) is 3. The Morgan fingerprint density at radius 1 is 1.46 bits per heavy atom. The molecular weight excluding hydrogens is 321 g/mol. The van der Waals surface area contributed by atoms with Crippen molar-refractivity contribution in [2.75, 3.05) is 13.1 Å². The van der Waals surface area contributed by atoms with E-state index in [9.17, 15) is 19.3 Å². The van der Waals surface area contributed by atoms with Crippen molar-refractivity contribution in [3.05, 3.63) is 28.4 Å². The SMILES string of the molecule is CC(C)(C)OC(=O)N1CC[C@H](Oc2ccc([N+](=O)[O-])nc2)[C@@H](F)C1. The molecule has 1 aromatic heterocycles. The first kappa shape index (κ1) is 17.9. The van der Waals surface area contributed by atoms with Gasteiger partial charge in [-0.15, -0.1) is 0 Å². The third-order valence-electron chi connectivity index (χ3n) is 3.33. The van der Waals surface area contributed by atoms with E-state index in [0.717, 1.165) is 0 Å². The molecule has 0 aromatic carbocycles. The van der Waals surface area contributed by atoms with E-state index in [2.05, 4.69) is 4.98 Å². The highest BCUT2D eigenvalue weighted by Crippen LogP contribution is 2.23. The van der Waals surface area contributed by atoms with Gasteiger partial charge in [-0.1, -0.05) is 0 Å². The second-order valence-corrected chi connectivity index (χ2v) is 6.50. The van der Waals surface area contributed by atoms with Gasteiger partial charge in [0.05, 0.1) is 6.54 Å². The van der Waals surface area contributed by atoms with Crippen LogP contribution < -0.4 is 4.74 Å². The van der Waals surface area contributed by atoms with Crippen molar-refractivity contribution in [3.63, 3.8) is 0 Å². The highest BCUT2D eigenvalue weighted by Gasteiger charge is 2.35. The van der Waals surface area contributed by atoms with Gasteiger partial charge in [0.15, 0.2) is 18.1 Å². The molecule has 0 aliphatic carbocycles. The number of ether oxygens (including phenoxy) is 2. The number of carbonyl (C=O) groups is 1. The normalized spacial score (nSPS) is 21.2. The number of rotatable bonds is 3. The largest absolute Gasteiger partial charge is 0.483 e. The van der Waals surface area contributed by atoms with Crippen LogP contribution in [0, 0.1) is 10.1 Å². The maximum Gasteiger partial charge on any atom is 0.410 e. The van der Waals surface area contributed by atoms with Crippen LogP contribution in [0.3, 0.4) is 0 Å². The second-order valence-electron chi connectivity index (χ2n) is 6.50. The quantitative estimate of drug-likeness (QED) is 0.620. The summed E-state index contributed by atoms with van der Waals surface area (Å²) in [5.41, 5.74) is -0.638. The van der Waals surface area contributed by atoms with Crippen molar-refractivity contribution < 1.29 is 23.6 Å². The van der Waals surface area contributed by atoms with Crippen LogP contribution in [0.5, 0.6) is 5.75 Å². The zero-order valence-electron chi connectivity index (χ0n) is 13.8. The zero-order valence-corrected chi connectivity index (χ0v) is 13.8. The topological polar surface area (TPSA) is 94.8 Å². The van der Waals surface area contributed by atoms with E-state index in [-0.39, 0.29) is 24.5 Å². The summed E-state index contributed by atoms with van der Waals surface area (Å²) in [4.78, 5) is 26.8. The fourth-order valence-corrected chi connectivity index (χ4v) is 2.23. The molecule has 1 aromatic rings. The molecule has 0 radical (unpaired) electrons. The van der Waals surface area contributed by atoms with Crippen LogP contribution in [-0.4, -0.2) is 51.9 Å². The molecule has 1 fully saturated rings. The Hall–Kier alpha value is -2.45. The van der Waals surface area contributed by atoms with Crippen LogP contribution in [-0.2, 0) is 4.74 Å². The van der Waals surface area contributed by atoms with Crippen LogP contribution in [0.1, 0.15) is 27.2 Å². The maximum absolute atomic E-state index is 14.3. The van der Waals surface area contributed by atoms with Gasteiger partial charge in [-0.05, 0) is 36.7 Å². The number of amides is 1. The first-order valence-corrected chi connectivity index (χ1v) is 7.55. The third kappa shape index (κ3) is 4.77. The molecule has 0 spiro atoms. The average Bonchev–Trinajstić information content (AvgIpc) is 2.48. The maximum atomic E-state index is 14.3. The number of aromatic nitrogens is 1. The molecule has 1 aliphatic rings. The fourth-order valence-electron chi connectivity index (χ4n) is 2.23. The molecule has 9 heteroatoms. The summed E-state index contributed by atoms with van der Waals surface area (Å²) >= 11 is 0. The van der Waals surface area contributed by atoms with Crippen LogP contribution in [0.2, 0.25) is 0 Å². The fraction of sp³-hybridized carbons (Fsp3) is 0.600. The summed E-state index contributed by atoms with van der Waals surface area (Å²) in [6.07, 6.45) is -1.21. The van der Waals surface area contributed by atoms with Gasteiger partial charge in [0.1, 0.15) is 11.7 Å². The van der Waals surface area contributed by atoms with Crippen LogP contribution in [0.25, 0.3) is 0 Å². The van der Waals surface area contributed by atoms with E-state index in [0.29, 0.717) is 6.54 Å². The van der Waals surface area contributed by atoms with Gasteiger partial charge >= 0.3 is 11.9 Å². The summed E-state index contributed by atoms with van der Waals surface area (Å²) in [5.74, 6) is -0.0575. The van der Waals surface area contributed by atoms with Gasteiger partial charge in [-0.25, -0.2) is 9.18 Å². The number of piperidine rings is 1. The Morgan fingerprint density at radius 2 is 2.17 bits per heavy atom. The first-order valence-electron chi connectivity index (χ1n) is 7.55. The number of pyridine rings is 1. The van der Waals surface area contributed by atoms with Crippen LogP contribution in [0.4, 0.5) is 15.0 Å². The first-order chi connectivity index (χ1) is 11.2. The second kappa shape index (κ2) is 6.98. The van der Waals surface area contributed by atoms with Gasteiger partial charge < -0.3 is 24.5 Å². The molecule has 1 saturated heterocycles. The lowest BCUT2D eigenvalue weighted by Gasteiger charge is -2.35. The van der Waals surface area contributed by atoms with E-state index < -0.39 is 28.9 Å². The minimum atomic E-state index is -1.39. The number of carbonyl (C=O) groups excluding carboxylic acids is 1. The van der Waals surface area contributed by atoms with Crippen molar-refractivity contribution in [2.24, 2.45) is 0 Å². The minimum absolute atomic E-state index is 0.125. The number of halogens is 1. The lowest BCUT2D eigenvalue weighted by Crippen LogP contribution is -2.50. The predicted molar refractivity (Wildman–Crippen MR) is 82.6 cm³/mol. The van der Waals surface area contributed by atoms with Crippen LogP contribution in [0.15, 0.2) is 18.3 Å². The molecule has 0 saturated carbocycles. The van der Waals surface area contributed by atoms with E-state index in [1.807, 2.05) is 0 Å². The molecular formula is C15H20FN3O5. The highest BCUT2D eigenvalue weighted by molar-refractivity contribution is 5.68. The van der Waals surface area contributed by atoms with Gasteiger partial charge in [0.2, 0.25) is 0 Å². The Labute approximate surface area is 138 Å². The van der Waals surface area contributed by atoms with Crippen molar-refractivity contribution in [1.29, 1.82) is 0 Å². The molecule has 2 rings (SSSR count).